The van der Waals surface area contributed by atoms with Gasteiger partial charge in [-0.05, 0) is 30.7 Å². The van der Waals surface area contributed by atoms with Crippen LogP contribution >= 0.6 is 23.4 Å². The quantitative estimate of drug-likeness (QED) is 0.525. The largest absolute Gasteiger partial charge is 0.478 e. The minimum atomic E-state index is -1.15. The number of benzene rings is 2. The van der Waals surface area contributed by atoms with Crippen molar-refractivity contribution in [3.05, 3.63) is 70.5 Å². The summed E-state index contributed by atoms with van der Waals surface area (Å²) in [5, 5.41) is 21.1. The van der Waals surface area contributed by atoms with Crippen molar-refractivity contribution < 1.29 is 14.7 Å². The zero-order chi connectivity index (χ0) is 20.8. The molecule has 2 aromatic carbocycles. The maximum absolute atomic E-state index is 12.3. The van der Waals surface area contributed by atoms with Gasteiger partial charge in [0.2, 0.25) is 5.91 Å². The van der Waals surface area contributed by atoms with Crippen LogP contribution in [0.15, 0.2) is 53.7 Å². The lowest BCUT2D eigenvalue weighted by molar-refractivity contribution is -0.113. The van der Waals surface area contributed by atoms with E-state index in [0.29, 0.717) is 23.8 Å². The molecule has 0 aliphatic carbocycles. The van der Waals surface area contributed by atoms with Gasteiger partial charge in [0, 0.05) is 18.7 Å². The molecular formula is C20H19ClN4O3S. The van der Waals surface area contributed by atoms with Crippen LogP contribution in [0.5, 0.6) is 0 Å². The van der Waals surface area contributed by atoms with Crippen LogP contribution < -0.4 is 5.32 Å². The van der Waals surface area contributed by atoms with Gasteiger partial charge < -0.3 is 15.0 Å². The molecule has 3 aromatic rings. The monoisotopic (exact) mass is 430 g/mol. The van der Waals surface area contributed by atoms with E-state index in [1.807, 2.05) is 41.8 Å². The second kappa shape index (κ2) is 9.58. The predicted octanol–water partition coefficient (Wildman–Crippen LogP) is 3.97. The molecule has 150 valence electrons. The number of hydrogen-bond donors (Lipinski definition) is 2. The van der Waals surface area contributed by atoms with Gasteiger partial charge >= 0.3 is 5.97 Å². The molecule has 9 heteroatoms. The molecule has 0 spiro atoms. The lowest BCUT2D eigenvalue weighted by Gasteiger charge is -2.09. The number of thioether (sulfide) groups is 1. The topological polar surface area (TPSA) is 97.1 Å². The van der Waals surface area contributed by atoms with Crippen molar-refractivity contribution in [3.8, 4) is 0 Å². The van der Waals surface area contributed by atoms with Crippen LogP contribution in [0.2, 0.25) is 5.02 Å². The van der Waals surface area contributed by atoms with Gasteiger partial charge in [-0.15, -0.1) is 10.2 Å². The van der Waals surface area contributed by atoms with E-state index >= 15 is 0 Å². The molecule has 1 heterocycles. The predicted molar refractivity (Wildman–Crippen MR) is 113 cm³/mol. The minimum Gasteiger partial charge on any atom is -0.478 e. The number of carboxylic acid groups (broad SMARTS) is 1. The van der Waals surface area contributed by atoms with Crippen molar-refractivity contribution in [1.29, 1.82) is 0 Å². The molecule has 3 rings (SSSR count). The smallest absolute Gasteiger partial charge is 0.337 e. The molecular weight excluding hydrogens is 412 g/mol. The summed E-state index contributed by atoms with van der Waals surface area (Å²) in [6.07, 6.45) is 0.664. The molecule has 0 bridgehead atoms. The van der Waals surface area contributed by atoms with E-state index in [1.54, 1.807) is 6.07 Å². The number of amides is 1. The Kier molecular flexibility index (Phi) is 6.90. The van der Waals surface area contributed by atoms with E-state index in [0.717, 1.165) is 11.4 Å². The molecule has 2 N–H and O–H groups in total. The number of nitrogens with one attached hydrogen (secondary N) is 1. The Bertz CT molecular complexity index is 1020. The van der Waals surface area contributed by atoms with Gasteiger partial charge in [0.25, 0.3) is 0 Å². The highest BCUT2D eigenvalue weighted by Gasteiger charge is 2.15. The summed E-state index contributed by atoms with van der Waals surface area (Å²) in [4.78, 5) is 23.4. The summed E-state index contributed by atoms with van der Waals surface area (Å²) in [5.41, 5.74) is 1.45. The molecule has 0 radical (unpaired) electrons. The number of carboxylic acids is 1. The lowest BCUT2D eigenvalue weighted by Crippen LogP contribution is -2.15. The Hall–Kier alpha value is -2.84. The second-order valence-electron chi connectivity index (χ2n) is 6.14. The average molecular weight is 431 g/mol. The summed E-state index contributed by atoms with van der Waals surface area (Å²) in [6, 6.07) is 14.3. The standard InChI is InChI=1S/C20H19ClN4O3S/c1-2-25-17(10-13-6-4-3-5-7-13)23-24-20(25)29-12-18(26)22-14-8-9-16(21)15(11-14)19(27)28/h3-9,11H,2,10,12H2,1H3,(H,22,26)(H,27,28). The molecule has 1 amide bonds. The first-order valence-electron chi connectivity index (χ1n) is 8.89. The minimum absolute atomic E-state index is 0.0617. The maximum atomic E-state index is 12.3. The Morgan fingerprint density at radius 2 is 1.93 bits per heavy atom. The zero-order valence-electron chi connectivity index (χ0n) is 15.6. The highest BCUT2D eigenvalue weighted by atomic mass is 35.5. The number of carbonyl (C=O) groups is 2. The molecule has 0 aliphatic heterocycles. The zero-order valence-corrected chi connectivity index (χ0v) is 17.2. The van der Waals surface area contributed by atoms with Gasteiger partial charge in [0.15, 0.2) is 5.16 Å². The van der Waals surface area contributed by atoms with Crippen molar-refractivity contribution in [3.63, 3.8) is 0 Å². The first-order chi connectivity index (χ1) is 14.0. The van der Waals surface area contributed by atoms with Crippen LogP contribution in [0.4, 0.5) is 5.69 Å². The summed E-state index contributed by atoms with van der Waals surface area (Å²) in [7, 11) is 0. The average Bonchev–Trinajstić information content (AvgIpc) is 3.10. The summed E-state index contributed by atoms with van der Waals surface area (Å²) >= 11 is 7.13. The van der Waals surface area contributed by atoms with Crippen molar-refractivity contribution in [1.82, 2.24) is 14.8 Å². The molecule has 0 saturated heterocycles. The first kappa shape index (κ1) is 20.9. The van der Waals surface area contributed by atoms with E-state index < -0.39 is 5.97 Å². The molecule has 0 fully saturated rings. The van der Waals surface area contributed by atoms with Gasteiger partial charge in [0.1, 0.15) is 5.82 Å². The molecule has 0 aliphatic rings. The number of anilines is 1. The van der Waals surface area contributed by atoms with E-state index in [4.69, 9.17) is 16.7 Å². The van der Waals surface area contributed by atoms with Gasteiger partial charge in [0.05, 0.1) is 16.3 Å². The normalized spacial score (nSPS) is 10.7. The molecule has 7 nitrogen and oxygen atoms in total. The van der Waals surface area contributed by atoms with E-state index in [9.17, 15) is 9.59 Å². The van der Waals surface area contributed by atoms with Crippen LogP contribution in [0.25, 0.3) is 0 Å². The lowest BCUT2D eigenvalue weighted by atomic mass is 10.1. The van der Waals surface area contributed by atoms with Crippen LogP contribution in [-0.4, -0.2) is 37.5 Å². The van der Waals surface area contributed by atoms with Gasteiger partial charge in [-0.3, -0.25) is 4.79 Å². The SMILES string of the molecule is CCn1c(Cc2ccccc2)nnc1SCC(=O)Nc1ccc(Cl)c(C(=O)O)c1. The number of aromatic carboxylic acids is 1. The summed E-state index contributed by atoms with van der Waals surface area (Å²) in [5.74, 6) is -0.467. The van der Waals surface area contributed by atoms with Gasteiger partial charge in [-0.1, -0.05) is 53.7 Å². The van der Waals surface area contributed by atoms with Crippen molar-refractivity contribution in [2.24, 2.45) is 0 Å². The number of halogens is 1. The molecule has 0 atom stereocenters. The maximum Gasteiger partial charge on any atom is 0.337 e. The van der Waals surface area contributed by atoms with Crippen molar-refractivity contribution in [2.75, 3.05) is 11.1 Å². The number of aromatic nitrogens is 3. The second-order valence-corrected chi connectivity index (χ2v) is 7.49. The number of rotatable bonds is 8. The Morgan fingerprint density at radius 3 is 2.62 bits per heavy atom. The third-order valence-electron chi connectivity index (χ3n) is 4.13. The third kappa shape index (κ3) is 5.36. The number of nitrogens with zero attached hydrogens (tertiary/aromatic N) is 3. The molecule has 0 unspecified atom stereocenters. The highest BCUT2D eigenvalue weighted by molar-refractivity contribution is 7.99. The third-order valence-corrected chi connectivity index (χ3v) is 5.42. The summed E-state index contributed by atoms with van der Waals surface area (Å²) < 4.78 is 1.98. The fourth-order valence-corrected chi connectivity index (χ4v) is 3.77. The van der Waals surface area contributed by atoms with Gasteiger partial charge in [-0.25, -0.2) is 4.79 Å². The molecule has 29 heavy (non-hydrogen) atoms. The number of hydrogen-bond acceptors (Lipinski definition) is 5. The van der Waals surface area contributed by atoms with Crippen LogP contribution in [0.1, 0.15) is 28.7 Å². The Labute approximate surface area is 177 Å². The summed E-state index contributed by atoms with van der Waals surface area (Å²) in [6.45, 7) is 2.70. The highest BCUT2D eigenvalue weighted by Crippen LogP contribution is 2.22. The van der Waals surface area contributed by atoms with Crippen LogP contribution in [-0.2, 0) is 17.8 Å². The first-order valence-corrected chi connectivity index (χ1v) is 10.3. The van der Waals surface area contributed by atoms with E-state index in [-0.39, 0.29) is 22.2 Å². The van der Waals surface area contributed by atoms with E-state index in [1.165, 1.54) is 23.9 Å². The van der Waals surface area contributed by atoms with Gasteiger partial charge in [-0.2, -0.15) is 0 Å². The number of carbonyl (C=O) groups excluding carboxylic acids is 1. The van der Waals surface area contributed by atoms with E-state index in [2.05, 4.69) is 15.5 Å². The Balaban J connectivity index is 1.63. The molecule has 1 aromatic heterocycles. The van der Waals surface area contributed by atoms with Crippen molar-refractivity contribution in [2.45, 2.75) is 25.0 Å². The van der Waals surface area contributed by atoms with Crippen molar-refractivity contribution >= 4 is 40.9 Å². The van der Waals surface area contributed by atoms with Crippen LogP contribution in [0, 0.1) is 0 Å². The van der Waals surface area contributed by atoms with Crippen LogP contribution in [0.3, 0.4) is 0 Å². The molecule has 0 saturated carbocycles. The fraction of sp³-hybridized carbons (Fsp3) is 0.200. The Morgan fingerprint density at radius 1 is 1.17 bits per heavy atom. The fourth-order valence-electron chi connectivity index (χ4n) is 2.75.